The number of furan rings is 1. The lowest BCUT2D eigenvalue weighted by molar-refractivity contribution is -0.122. The van der Waals surface area contributed by atoms with Crippen LogP contribution >= 0.6 is 11.8 Å². The molecule has 0 N–H and O–H groups in total. The Bertz CT molecular complexity index is 1370. The van der Waals surface area contributed by atoms with Crippen LogP contribution < -0.4 is 9.47 Å². The van der Waals surface area contributed by atoms with Crippen molar-refractivity contribution in [2.75, 3.05) is 13.7 Å². The first-order valence-electron chi connectivity index (χ1n) is 12.9. The SMILES string of the molecule is COc1cc(/C=N\N=C2\S/C(=C\c3ccc(C(C)(C)C)cc3)C(=O)N2Cc2ccco2)ccc1OCC(C)C. The van der Waals surface area contributed by atoms with Crippen LogP contribution in [-0.4, -0.2) is 35.9 Å². The fourth-order valence-electron chi connectivity index (χ4n) is 3.80. The summed E-state index contributed by atoms with van der Waals surface area (Å²) in [7, 11) is 1.61. The fraction of sp³-hybridized carbons (Fsp3) is 0.323. The summed E-state index contributed by atoms with van der Waals surface area (Å²) in [5.74, 6) is 2.24. The second-order valence-electron chi connectivity index (χ2n) is 10.7. The monoisotopic (exact) mass is 545 g/mol. The number of amides is 1. The van der Waals surface area contributed by atoms with E-state index in [0.29, 0.717) is 39.9 Å². The number of methoxy groups -OCH3 is 1. The molecule has 39 heavy (non-hydrogen) atoms. The maximum Gasteiger partial charge on any atom is 0.267 e. The lowest BCUT2D eigenvalue weighted by Gasteiger charge is -2.18. The Morgan fingerprint density at radius 2 is 1.79 bits per heavy atom. The molecular formula is C31H35N3O4S. The molecule has 1 saturated heterocycles. The Kier molecular flexibility index (Phi) is 8.97. The van der Waals surface area contributed by atoms with Crippen molar-refractivity contribution in [3.63, 3.8) is 0 Å². The van der Waals surface area contributed by atoms with Gasteiger partial charge in [-0.25, -0.2) is 0 Å². The number of hydrogen-bond donors (Lipinski definition) is 0. The minimum atomic E-state index is -0.140. The maximum absolute atomic E-state index is 13.4. The molecule has 204 valence electrons. The van der Waals surface area contributed by atoms with Crippen LogP contribution in [0.15, 0.2) is 80.4 Å². The zero-order chi connectivity index (χ0) is 28.0. The van der Waals surface area contributed by atoms with E-state index in [9.17, 15) is 4.79 Å². The molecule has 8 heteroatoms. The van der Waals surface area contributed by atoms with E-state index < -0.39 is 0 Å². The first-order valence-corrected chi connectivity index (χ1v) is 13.7. The molecule has 0 unspecified atom stereocenters. The largest absolute Gasteiger partial charge is 0.493 e. The van der Waals surface area contributed by atoms with Gasteiger partial charge in [0.25, 0.3) is 5.91 Å². The van der Waals surface area contributed by atoms with Gasteiger partial charge in [-0.15, -0.1) is 5.10 Å². The highest BCUT2D eigenvalue weighted by Crippen LogP contribution is 2.34. The van der Waals surface area contributed by atoms with E-state index in [4.69, 9.17) is 13.9 Å². The van der Waals surface area contributed by atoms with Gasteiger partial charge in [-0.05, 0) is 76.2 Å². The van der Waals surface area contributed by atoms with Crippen molar-refractivity contribution in [3.8, 4) is 11.5 Å². The molecule has 1 fully saturated rings. The summed E-state index contributed by atoms with van der Waals surface area (Å²) in [4.78, 5) is 15.5. The summed E-state index contributed by atoms with van der Waals surface area (Å²) < 4.78 is 16.8. The van der Waals surface area contributed by atoms with Gasteiger partial charge in [-0.2, -0.15) is 5.10 Å². The standard InChI is InChI=1S/C31H35N3O4S/c1-21(2)20-38-26-14-11-23(16-27(26)36-6)18-32-33-30-34(19-25-8-7-15-37-25)29(35)28(39-30)17-22-9-12-24(13-10-22)31(3,4)5/h7-18,21H,19-20H2,1-6H3/b28-17-,32-18-,33-30+. The Balaban J connectivity index is 1.57. The summed E-state index contributed by atoms with van der Waals surface area (Å²) in [5, 5.41) is 9.18. The first-order chi connectivity index (χ1) is 18.6. The van der Waals surface area contributed by atoms with E-state index in [1.54, 1.807) is 30.6 Å². The van der Waals surface area contributed by atoms with Gasteiger partial charge in [0.05, 0.1) is 37.6 Å². The molecule has 0 radical (unpaired) electrons. The van der Waals surface area contributed by atoms with Gasteiger partial charge in [0, 0.05) is 0 Å². The maximum atomic E-state index is 13.4. The van der Waals surface area contributed by atoms with Gasteiger partial charge in [0.2, 0.25) is 0 Å². The van der Waals surface area contributed by atoms with E-state index in [2.05, 4.69) is 57.0 Å². The third-order valence-electron chi connectivity index (χ3n) is 5.97. The van der Waals surface area contributed by atoms with Crippen LogP contribution in [0.3, 0.4) is 0 Å². The predicted octanol–water partition coefficient (Wildman–Crippen LogP) is 7.13. The van der Waals surface area contributed by atoms with Crippen molar-refractivity contribution in [1.82, 2.24) is 4.90 Å². The molecule has 3 aromatic rings. The molecule has 2 heterocycles. The Morgan fingerprint density at radius 3 is 2.44 bits per heavy atom. The zero-order valence-electron chi connectivity index (χ0n) is 23.3. The molecule has 1 aromatic heterocycles. The number of thioether (sulfide) groups is 1. The van der Waals surface area contributed by atoms with Gasteiger partial charge in [0.15, 0.2) is 16.7 Å². The van der Waals surface area contributed by atoms with Crippen molar-refractivity contribution in [3.05, 3.63) is 88.2 Å². The summed E-state index contributed by atoms with van der Waals surface area (Å²) in [6, 6.07) is 17.5. The predicted molar refractivity (Wildman–Crippen MR) is 158 cm³/mol. The molecule has 7 nitrogen and oxygen atoms in total. The number of nitrogens with zero attached hydrogens (tertiary/aromatic N) is 3. The smallest absolute Gasteiger partial charge is 0.267 e. The molecular weight excluding hydrogens is 510 g/mol. The van der Waals surface area contributed by atoms with Crippen molar-refractivity contribution in [1.29, 1.82) is 0 Å². The average Bonchev–Trinajstić information content (AvgIpc) is 3.52. The van der Waals surface area contributed by atoms with E-state index >= 15 is 0 Å². The van der Waals surface area contributed by atoms with Crippen molar-refractivity contribution in [2.45, 2.75) is 46.6 Å². The highest BCUT2D eigenvalue weighted by molar-refractivity contribution is 8.18. The number of benzene rings is 2. The van der Waals surface area contributed by atoms with Gasteiger partial charge in [0.1, 0.15) is 5.76 Å². The van der Waals surface area contributed by atoms with Gasteiger partial charge < -0.3 is 13.9 Å². The summed E-state index contributed by atoms with van der Waals surface area (Å²) in [6.45, 7) is 11.6. The number of carbonyl (C=O) groups is 1. The van der Waals surface area contributed by atoms with E-state index in [-0.39, 0.29) is 17.9 Å². The highest BCUT2D eigenvalue weighted by atomic mass is 32.2. The lowest BCUT2D eigenvalue weighted by Crippen LogP contribution is -2.28. The second-order valence-corrected chi connectivity index (χ2v) is 11.7. The zero-order valence-corrected chi connectivity index (χ0v) is 24.1. The topological polar surface area (TPSA) is 76.6 Å². The lowest BCUT2D eigenvalue weighted by atomic mass is 9.87. The number of ether oxygens (including phenoxy) is 2. The van der Waals surface area contributed by atoms with Crippen LogP contribution in [0.4, 0.5) is 0 Å². The van der Waals surface area contributed by atoms with Crippen LogP contribution in [0.5, 0.6) is 11.5 Å². The van der Waals surface area contributed by atoms with Crippen LogP contribution in [0, 0.1) is 5.92 Å². The summed E-state index contributed by atoms with van der Waals surface area (Å²) in [5.41, 5.74) is 3.05. The quantitative estimate of drug-likeness (QED) is 0.162. The van der Waals surface area contributed by atoms with Crippen molar-refractivity contribution in [2.24, 2.45) is 16.1 Å². The minimum absolute atomic E-state index is 0.0622. The third-order valence-corrected chi connectivity index (χ3v) is 6.96. The van der Waals surface area contributed by atoms with E-state index in [0.717, 1.165) is 11.1 Å². The molecule has 0 aliphatic carbocycles. The average molecular weight is 546 g/mol. The van der Waals surface area contributed by atoms with Gasteiger partial charge in [-0.3, -0.25) is 9.69 Å². The Labute approximate surface area is 234 Å². The number of hydrogen-bond acceptors (Lipinski definition) is 7. The molecule has 0 saturated carbocycles. The van der Waals surface area contributed by atoms with Gasteiger partial charge >= 0.3 is 0 Å². The highest BCUT2D eigenvalue weighted by Gasteiger charge is 2.34. The molecule has 0 spiro atoms. The molecule has 1 aliphatic heterocycles. The van der Waals surface area contributed by atoms with Crippen LogP contribution in [0.1, 0.15) is 57.1 Å². The molecule has 4 rings (SSSR count). The molecule has 1 aliphatic rings. The fourth-order valence-corrected chi connectivity index (χ4v) is 4.73. The molecule has 2 aromatic carbocycles. The first kappa shape index (κ1) is 28.2. The van der Waals surface area contributed by atoms with E-state index in [1.165, 1.54) is 17.3 Å². The normalized spacial score (nSPS) is 16.3. The number of carbonyl (C=O) groups excluding carboxylic acids is 1. The molecule has 0 atom stereocenters. The minimum Gasteiger partial charge on any atom is -0.493 e. The van der Waals surface area contributed by atoms with Crippen molar-refractivity contribution < 1.29 is 18.7 Å². The number of rotatable bonds is 9. The summed E-state index contributed by atoms with van der Waals surface area (Å²) >= 11 is 1.30. The molecule has 0 bridgehead atoms. The summed E-state index contributed by atoms with van der Waals surface area (Å²) in [6.07, 6.45) is 5.11. The Morgan fingerprint density at radius 1 is 1.05 bits per heavy atom. The second kappa shape index (κ2) is 12.4. The number of amidine groups is 1. The van der Waals surface area contributed by atoms with Crippen LogP contribution in [0.2, 0.25) is 0 Å². The van der Waals surface area contributed by atoms with Gasteiger partial charge in [-0.1, -0.05) is 58.9 Å². The third kappa shape index (κ3) is 7.41. The Hall–Kier alpha value is -3.78. The van der Waals surface area contributed by atoms with Crippen LogP contribution in [0.25, 0.3) is 6.08 Å². The van der Waals surface area contributed by atoms with Crippen LogP contribution in [-0.2, 0) is 16.8 Å². The van der Waals surface area contributed by atoms with E-state index in [1.807, 2.05) is 42.5 Å². The van der Waals surface area contributed by atoms with Crippen molar-refractivity contribution >= 4 is 35.1 Å². The molecule has 1 amide bonds.